The maximum atomic E-state index is 6.25. The van der Waals surface area contributed by atoms with Crippen molar-refractivity contribution in [2.24, 2.45) is 11.7 Å². The molecule has 2 bridgehead atoms. The highest BCUT2D eigenvalue weighted by Gasteiger charge is 2.41. The molecule has 0 radical (unpaired) electrons. The average Bonchev–Trinajstić information content (AvgIpc) is 2.39. The third kappa shape index (κ3) is 3.00. The van der Waals surface area contributed by atoms with Crippen molar-refractivity contribution in [2.75, 3.05) is 0 Å². The van der Waals surface area contributed by atoms with Crippen LogP contribution in [0.2, 0.25) is 0 Å². The normalized spacial score (nSPS) is 44.2. The minimum Gasteiger partial charge on any atom is -0.328 e. The molecule has 2 atom stereocenters. The molecule has 2 saturated heterocycles. The summed E-state index contributed by atoms with van der Waals surface area (Å²) in [4.78, 5) is 2.94. The second kappa shape index (κ2) is 6.13. The molecule has 0 aromatic rings. The minimum absolute atomic E-state index is 0.489. The van der Waals surface area contributed by atoms with Crippen molar-refractivity contribution < 1.29 is 0 Å². The van der Waals surface area contributed by atoms with Gasteiger partial charge >= 0.3 is 0 Å². The Kier molecular flexibility index (Phi) is 4.48. The number of nitrogens with two attached hydrogens (primary N) is 1. The Bertz CT molecular complexity index is 269. The van der Waals surface area contributed by atoms with Crippen LogP contribution in [0.1, 0.15) is 77.6 Å². The molecule has 2 nitrogen and oxygen atoms in total. The first kappa shape index (κ1) is 13.9. The largest absolute Gasteiger partial charge is 0.328 e. The van der Waals surface area contributed by atoms with Crippen molar-refractivity contribution in [1.29, 1.82) is 0 Å². The van der Waals surface area contributed by atoms with E-state index >= 15 is 0 Å². The molecule has 2 N–H and O–H groups in total. The predicted octanol–water partition coefficient (Wildman–Crippen LogP) is 3.69. The zero-order chi connectivity index (χ0) is 13.2. The smallest absolute Gasteiger partial charge is 0.0116 e. The van der Waals surface area contributed by atoms with Crippen molar-refractivity contribution >= 4 is 0 Å². The maximum Gasteiger partial charge on any atom is 0.0116 e. The van der Waals surface area contributed by atoms with Gasteiger partial charge in [0, 0.05) is 24.2 Å². The summed E-state index contributed by atoms with van der Waals surface area (Å²) < 4.78 is 0. The van der Waals surface area contributed by atoms with Crippen LogP contribution < -0.4 is 5.73 Å². The van der Waals surface area contributed by atoms with E-state index < -0.39 is 0 Å². The minimum atomic E-state index is 0.489. The molecule has 1 aliphatic carbocycles. The van der Waals surface area contributed by atoms with Gasteiger partial charge in [0.25, 0.3) is 0 Å². The molecule has 0 aromatic heterocycles. The van der Waals surface area contributed by atoms with Gasteiger partial charge in [0.05, 0.1) is 0 Å². The summed E-state index contributed by atoms with van der Waals surface area (Å²) in [5.41, 5.74) is 6.25. The first-order valence-electron chi connectivity index (χ1n) is 8.81. The number of nitrogens with zero attached hydrogens (tertiary/aromatic N) is 1. The highest BCUT2D eigenvalue weighted by molar-refractivity contribution is 4.97. The molecule has 110 valence electrons. The van der Waals surface area contributed by atoms with Gasteiger partial charge < -0.3 is 5.73 Å². The summed E-state index contributed by atoms with van der Waals surface area (Å²) in [7, 11) is 0. The van der Waals surface area contributed by atoms with Crippen LogP contribution in [0.25, 0.3) is 0 Å². The van der Waals surface area contributed by atoms with Crippen LogP contribution >= 0.6 is 0 Å². The Morgan fingerprint density at radius 3 is 2.11 bits per heavy atom. The van der Waals surface area contributed by atoms with E-state index in [1.807, 2.05) is 0 Å². The van der Waals surface area contributed by atoms with Gasteiger partial charge in [-0.05, 0) is 57.3 Å². The molecule has 0 aromatic carbocycles. The van der Waals surface area contributed by atoms with Crippen LogP contribution in [0.4, 0.5) is 0 Å². The summed E-state index contributed by atoms with van der Waals surface area (Å²) in [5.74, 6) is 1.04. The third-order valence-corrected chi connectivity index (χ3v) is 6.00. The van der Waals surface area contributed by atoms with Gasteiger partial charge in [0.2, 0.25) is 0 Å². The van der Waals surface area contributed by atoms with E-state index in [1.165, 1.54) is 70.6 Å². The first-order valence-corrected chi connectivity index (χ1v) is 8.81. The SMILES string of the molecule is CCCC1CCC(N2C3CCCC2CC(N)C3)CC1. The number of fused-ring (bicyclic) bond motifs is 2. The van der Waals surface area contributed by atoms with Crippen LogP contribution in [0.15, 0.2) is 0 Å². The van der Waals surface area contributed by atoms with Crippen LogP contribution in [-0.2, 0) is 0 Å². The molecule has 2 heteroatoms. The molecule has 2 heterocycles. The van der Waals surface area contributed by atoms with Gasteiger partial charge in [-0.2, -0.15) is 0 Å². The molecule has 2 aliphatic heterocycles. The molecule has 0 amide bonds. The second-order valence-corrected chi connectivity index (χ2v) is 7.38. The van der Waals surface area contributed by atoms with Crippen LogP contribution in [0.5, 0.6) is 0 Å². The van der Waals surface area contributed by atoms with Gasteiger partial charge in [-0.15, -0.1) is 0 Å². The Morgan fingerprint density at radius 2 is 1.53 bits per heavy atom. The van der Waals surface area contributed by atoms with Crippen LogP contribution in [-0.4, -0.2) is 29.1 Å². The summed E-state index contributed by atoms with van der Waals surface area (Å²) in [6.45, 7) is 2.34. The lowest BCUT2D eigenvalue weighted by Gasteiger charge is -2.53. The van der Waals surface area contributed by atoms with E-state index in [4.69, 9.17) is 5.73 Å². The van der Waals surface area contributed by atoms with Crippen molar-refractivity contribution in [3.63, 3.8) is 0 Å². The maximum absolute atomic E-state index is 6.25. The van der Waals surface area contributed by atoms with E-state index in [0.717, 1.165) is 24.0 Å². The van der Waals surface area contributed by atoms with Crippen molar-refractivity contribution in [3.8, 4) is 0 Å². The topological polar surface area (TPSA) is 29.3 Å². The fourth-order valence-corrected chi connectivity index (χ4v) is 5.20. The zero-order valence-corrected chi connectivity index (χ0v) is 12.7. The summed E-state index contributed by atoms with van der Waals surface area (Å²) >= 11 is 0. The van der Waals surface area contributed by atoms with Crippen molar-refractivity contribution in [1.82, 2.24) is 4.90 Å². The molecular formula is C17H32N2. The van der Waals surface area contributed by atoms with Crippen molar-refractivity contribution in [2.45, 2.75) is 102 Å². The Labute approximate surface area is 119 Å². The third-order valence-electron chi connectivity index (χ3n) is 6.00. The average molecular weight is 264 g/mol. The van der Waals surface area contributed by atoms with Gasteiger partial charge in [0.15, 0.2) is 0 Å². The summed E-state index contributed by atoms with van der Waals surface area (Å²) in [5, 5.41) is 0. The fourth-order valence-electron chi connectivity index (χ4n) is 5.20. The summed E-state index contributed by atoms with van der Waals surface area (Å²) in [6, 6.07) is 3.05. The molecule has 1 saturated carbocycles. The van der Waals surface area contributed by atoms with Crippen LogP contribution in [0, 0.1) is 5.92 Å². The lowest BCUT2D eigenvalue weighted by molar-refractivity contribution is -0.0221. The second-order valence-electron chi connectivity index (χ2n) is 7.38. The molecule has 2 unspecified atom stereocenters. The molecule has 3 aliphatic rings. The highest BCUT2D eigenvalue weighted by Crippen LogP contribution is 2.40. The van der Waals surface area contributed by atoms with Gasteiger partial charge in [-0.3, -0.25) is 4.90 Å². The highest BCUT2D eigenvalue weighted by atomic mass is 15.2. The fraction of sp³-hybridized carbons (Fsp3) is 1.00. The van der Waals surface area contributed by atoms with E-state index in [9.17, 15) is 0 Å². The number of hydrogen-bond acceptors (Lipinski definition) is 2. The summed E-state index contributed by atoms with van der Waals surface area (Å²) in [6.07, 6.45) is 15.6. The van der Waals surface area contributed by atoms with E-state index in [0.29, 0.717) is 6.04 Å². The lowest BCUT2D eigenvalue weighted by Crippen LogP contribution is -2.59. The Hall–Kier alpha value is -0.0800. The first-order chi connectivity index (χ1) is 9.28. The van der Waals surface area contributed by atoms with Crippen LogP contribution in [0.3, 0.4) is 0 Å². The van der Waals surface area contributed by atoms with E-state index in [2.05, 4.69) is 11.8 Å². The molecule has 0 spiro atoms. The van der Waals surface area contributed by atoms with E-state index in [-0.39, 0.29) is 0 Å². The van der Waals surface area contributed by atoms with Gasteiger partial charge in [-0.25, -0.2) is 0 Å². The van der Waals surface area contributed by atoms with Crippen molar-refractivity contribution in [3.05, 3.63) is 0 Å². The monoisotopic (exact) mass is 264 g/mol. The van der Waals surface area contributed by atoms with Gasteiger partial charge in [0.1, 0.15) is 0 Å². The molecule has 3 fully saturated rings. The molecular weight excluding hydrogens is 232 g/mol. The van der Waals surface area contributed by atoms with Gasteiger partial charge in [-0.1, -0.05) is 26.2 Å². The zero-order valence-electron chi connectivity index (χ0n) is 12.7. The lowest BCUT2D eigenvalue weighted by atomic mass is 9.76. The molecule has 3 rings (SSSR count). The van der Waals surface area contributed by atoms with E-state index in [1.54, 1.807) is 0 Å². The number of rotatable bonds is 3. The molecule has 19 heavy (non-hydrogen) atoms. The number of hydrogen-bond donors (Lipinski definition) is 1. The number of piperidine rings is 2. The Morgan fingerprint density at radius 1 is 0.895 bits per heavy atom. The predicted molar refractivity (Wildman–Crippen MR) is 81.1 cm³/mol. The Balaban J connectivity index is 1.60. The quantitative estimate of drug-likeness (QED) is 0.842. The standard InChI is InChI=1S/C17H32N2/c1-2-4-13-7-9-15(10-8-13)19-16-5-3-6-17(19)12-14(18)11-16/h13-17H,2-12,18H2,1H3.